The maximum absolute atomic E-state index is 12.2. The number of nitrogens with zero attached hydrogens (tertiary/aromatic N) is 4. The van der Waals surface area contributed by atoms with Gasteiger partial charge >= 0.3 is 0 Å². The van der Waals surface area contributed by atoms with Gasteiger partial charge in [0.15, 0.2) is 0 Å². The maximum Gasteiger partial charge on any atom is 0.255 e. The Bertz CT molecular complexity index is 645. The maximum atomic E-state index is 12.2. The summed E-state index contributed by atoms with van der Waals surface area (Å²) in [7, 11) is 1.62. The minimum atomic E-state index is 0.0357. The molecule has 6 heteroatoms. The summed E-state index contributed by atoms with van der Waals surface area (Å²) >= 11 is 0. The number of aliphatic imine (C=N–C) groups is 1. The van der Waals surface area contributed by atoms with Gasteiger partial charge in [-0.2, -0.15) is 0 Å². The highest BCUT2D eigenvalue weighted by molar-refractivity contribution is 5.93. The minimum absolute atomic E-state index is 0.0357. The molecule has 19 heavy (non-hydrogen) atoms. The van der Waals surface area contributed by atoms with Gasteiger partial charge in [0.05, 0.1) is 25.2 Å². The lowest BCUT2D eigenvalue weighted by Gasteiger charge is -2.28. The van der Waals surface area contributed by atoms with E-state index in [1.54, 1.807) is 23.0 Å². The summed E-state index contributed by atoms with van der Waals surface area (Å²) in [5.74, 6) is 0.839. The van der Waals surface area contributed by atoms with Crippen molar-refractivity contribution in [3.63, 3.8) is 0 Å². The number of aryl methyl sites for hydroxylation is 1. The van der Waals surface area contributed by atoms with Crippen molar-refractivity contribution in [1.29, 1.82) is 0 Å². The molecular weight excluding hydrogens is 244 g/mol. The summed E-state index contributed by atoms with van der Waals surface area (Å²) in [6.07, 6.45) is 3.67. The summed E-state index contributed by atoms with van der Waals surface area (Å²) in [6.45, 7) is 4.97. The van der Waals surface area contributed by atoms with E-state index in [1.165, 1.54) is 0 Å². The van der Waals surface area contributed by atoms with Crippen LogP contribution in [0.3, 0.4) is 0 Å². The van der Waals surface area contributed by atoms with E-state index in [-0.39, 0.29) is 5.56 Å². The van der Waals surface area contributed by atoms with E-state index in [9.17, 15) is 4.79 Å². The molecular formula is C13H16N4O2. The standard InChI is InChI=1S/C13H16N4O2/c1-4-16-12-11(5-9(2)13(16)18)14-6-10-7-15(19-3)8-17(10)12/h5-7H,4,8H2,1-3H3. The van der Waals surface area contributed by atoms with E-state index in [4.69, 9.17) is 4.84 Å². The summed E-state index contributed by atoms with van der Waals surface area (Å²) in [6, 6.07) is 1.84. The van der Waals surface area contributed by atoms with E-state index in [1.807, 2.05) is 31.0 Å². The van der Waals surface area contributed by atoms with E-state index in [2.05, 4.69) is 4.99 Å². The quantitative estimate of drug-likeness (QED) is 0.806. The molecule has 0 radical (unpaired) electrons. The fourth-order valence-electron chi connectivity index (χ4n) is 2.47. The molecule has 2 aliphatic rings. The molecule has 3 heterocycles. The first-order valence-electron chi connectivity index (χ1n) is 6.24. The van der Waals surface area contributed by atoms with Gasteiger partial charge in [-0.3, -0.25) is 19.2 Å². The van der Waals surface area contributed by atoms with Crippen LogP contribution in [0, 0.1) is 6.92 Å². The van der Waals surface area contributed by atoms with Gasteiger partial charge in [0, 0.05) is 12.1 Å². The molecule has 0 fully saturated rings. The van der Waals surface area contributed by atoms with Crippen LogP contribution in [0.4, 0.5) is 11.5 Å². The molecule has 6 nitrogen and oxygen atoms in total. The Hall–Kier alpha value is -2.08. The van der Waals surface area contributed by atoms with Crippen molar-refractivity contribution in [2.24, 2.45) is 4.99 Å². The van der Waals surface area contributed by atoms with Crippen LogP contribution in [0.25, 0.3) is 0 Å². The first kappa shape index (κ1) is 12.0. The van der Waals surface area contributed by atoms with Gasteiger partial charge in [-0.25, -0.2) is 5.06 Å². The second kappa shape index (κ2) is 4.24. The molecule has 0 unspecified atom stereocenters. The van der Waals surface area contributed by atoms with E-state index in [0.29, 0.717) is 18.8 Å². The van der Waals surface area contributed by atoms with E-state index < -0.39 is 0 Å². The van der Waals surface area contributed by atoms with Crippen molar-refractivity contribution < 1.29 is 4.84 Å². The third kappa shape index (κ3) is 1.67. The minimum Gasteiger partial charge on any atom is -0.302 e. The Morgan fingerprint density at radius 3 is 2.95 bits per heavy atom. The van der Waals surface area contributed by atoms with Crippen molar-refractivity contribution in [1.82, 2.24) is 9.63 Å². The normalized spacial score (nSPS) is 16.5. The predicted octanol–water partition coefficient (Wildman–Crippen LogP) is 1.37. The van der Waals surface area contributed by atoms with Crippen LogP contribution in [0.1, 0.15) is 12.5 Å². The first-order chi connectivity index (χ1) is 9.15. The highest BCUT2D eigenvalue weighted by Crippen LogP contribution is 2.36. The number of pyridine rings is 1. The highest BCUT2D eigenvalue weighted by atomic mass is 16.7. The van der Waals surface area contributed by atoms with Crippen LogP contribution >= 0.6 is 0 Å². The number of allylic oxidation sites excluding steroid dienone is 1. The Balaban J connectivity index is 2.20. The smallest absolute Gasteiger partial charge is 0.255 e. The molecule has 3 rings (SSSR count). The first-order valence-corrected chi connectivity index (χ1v) is 6.24. The molecule has 0 aliphatic carbocycles. The van der Waals surface area contributed by atoms with Gasteiger partial charge in [0.1, 0.15) is 18.2 Å². The van der Waals surface area contributed by atoms with Crippen molar-refractivity contribution in [2.75, 3.05) is 18.7 Å². The molecule has 0 amide bonds. The van der Waals surface area contributed by atoms with Crippen molar-refractivity contribution >= 4 is 17.7 Å². The predicted molar refractivity (Wildman–Crippen MR) is 73.5 cm³/mol. The van der Waals surface area contributed by atoms with Crippen LogP contribution in [0.2, 0.25) is 0 Å². The third-order valence-electron chi connectivity index (χ3n) is 3.43. The molecule has 2 aliphatic heterocycles. The SMILES string of the molecule is CCn1c2c(cc(C)c1=O)N=CC1=CN(OC)CN12. The van der Waals surface area contributed by atoms with E-state index in [0.717, 1.165) is 17.2 Å². The average molecular weight is 260 g/mol. The fraction of sp³-hybridized carbons (Fsp3) is 0.385. The lowest BCUT2D eigenvalue weighted by molar-refractivity contribution is -0.0791. The van der Waals surface area contributed by atoms with Crippen LogP contribution < -0.4 is 10.5 Å². The van der Waals surface area contributed by atoms with Crippen LogP contribution in [-0.4, -0.2) is 29.6 Å². The van der Waals surface area contributed by atoms with Crippen molar-refractivity contribution in [3.05, 3.63) is 33.9 Å². The number of hydrogen-bond acceptors (Lipinski definition) is 5. The largest absolute Gasteiger partial charge is 0.302 e. The zero-order valence-electron chi connectivity index (χ0n) is 11.3. The molecule has 0 N–H and O–H groups in total. The molecule has 0 atom stereocenters. The zero-order valence-corrected chi connectivity index (χ0v) is 11.3. The molecule has 0 spiro atoms. The summed E-state index contributed by atoms with van der Waals surface area (Å²) in [4.78, 5) is 23.9. The number of rotatable bonds is 2. The van der Waals surface area contributed by atoms with Gasteiger partial charge in [-0.1, -0.05) is 0 Å². The van der Waals surface area contributed by atoms with Gasteiger partial charge in [0.2, 0.25) is 0 Å². The third-order valence-corrected chi connectivity index (χ3v) is 3.43. The topological polar surface area (TPSA) is 50.1 Å². The van der Waals surface area contributed by atoms with E-state index >= 15 is 0 Å². The summed E-state index contributed by atoms with van der Waals surface area (Å²) < 4.78 is 1.76. The lowest BCUT2D eigenvalue weighted by Crippen LogP contribution is -2.34. The molecule has 100 valence electrons. The van der Waals surface area contributed by atoms with Crippen LogP contribution in [0.15, 0.2) is 27.8 Å². The van der Waals surface area contributed by atoms with Crippen molar-refractivity contribution in [2.45, 2.75) is 20.4 Å². The number of aromatic nitrogens is 1. The molecule has 1 aromatic rings. The molecule has 0 aromatic carbocycles. The second-order valence-electron chi connectivity index (χ2n) is 4.57. The average Bonchev–Trinajstić information content (AvgIpc) is 2.83. The number of hydroxylamine groups is 2. The monoisotopic (exact) mass is 260 g/mol. The second-order valence-corrected chi connectivity index (χ2v) is 4.57. The molecule has 0 saturated carbocycles. The van der Waals surface area contributed by atoms with Crippen LogP contribution in [-0.2, 0) is 11.4 Å². The van der Waals surface area contributed by atoms with Gasteiger partial charge in [0.25, 0.3) is 5.56 Å². The summed E-state index contributed by atoms with van der Waals surface area (Å²) in [5, 5.41) is 1.71. The van der Waals surface area contributed by atoms with Gasteiger partial charge in [-0.05, 0) is 19.9 Å². The Labute approximate surface area is 111 Å². The molecule has 0 bridgehead atoms. The van der Waals surface area contributed by atoms with Gasteiger partial charge in [-0.15, -0.1) is 0 Å². The van der Waals surface area contributed by atoms with Crippen LogP contribution in [0.5, 0.6) is 0 Å². The van der Waals surface area contributed by atoms with Crippen molar-refractivity contribution in [3.8, 4) is 0 Å². The zero-order chi connectivity index (χ0) is 13.6. The number of anilines is 1. The highest BCUT2D eigenvalue weighted by Gasteiger charge is 2.29. The number of hydrogen-bond donors (Lipinski definition) is 0. The lowest BCUT2D eigenvalue weighted by atomic mass is 10.2. The Morgan fingerprint density at radius 2 is 2.26 bits per heavy atom. The number of fused-ring (bicyclic) bond motifs is 3. The molecule has 0 saturated heterocycles. The fourth-order valence-corrected chi connectivity index (χ4v) is 2.47. The summed E-state index contributed by atoms with van der Waals surface area (Å²) in [5.41, 5.74) is 2.51. The Kier molecular flexibility index (Phi) is 2.67. The Morgan fingerprint density at radius 1 is 1.47 bits per heavy atom. The molecule has 1 aromatic heterocycles. The van der Waals surface area contributed by atoms with Gasteiger partial charge < -0.3 is 4.90 Å².